The Morgan fingerprint density at radius 3 is 1.66 bits per heavy atom. The summed E-state index contributed by atoms with van der Waals surface area (Å²) in [4.78, 5) is 18.5. The minimum Gasteiger partial charge on any atom is -0.394 e. The number of phosphoric ester groups is 1. The molecule has 4 rings (SSSR count). The summed E-state index contributed by atoms with van der Waals surface area (Å²) in [5, 5.41) is 114. The van der Waals surface area contributed by atoms with Gasteiger partial charge in [0.2, 0.25) is 0 Å². The van der Waals surface area contributed by atoms with Crippen LogP contribution in [0.4, 0.5) is 0 Å². The molecule has 4 saturated heterocycles. The van der Waals surface area contributed by atoms with Gasteiger partial charge in [-0.25, -0.2) is 4.57 Å². The summed E-state index contributed by atoms with van der Waals surface area (Å²) in [6.45, 7) is 0.762. The summed E-state index contributed by atoms with van der Waals surface area (Å²) in [5.74, 6) is 0. The molecule has 0 aromatic carbocycles. The van der Waals surface area contributed by atoms with E-state index in [1.54, 1.807) is 0 Å². The van der Waals surface area contributed by atoms with Crippen LogP contribution in [0, 0.1) is 0 Å². The van der Waals surface area contributed by atoms with Crippen LogP contribution in [0.25, 0.3) is 0 Å². The molecule has 4 aliphatic heterocycles. The summed E-state index contributed by atoms with van der Waals surface area (Å²) in [7, 11) is -5.34. The van der Waals surface area contributed by atoms with Crippen molar-refractivity contribution in [3.05, 3.63) is 0 Å². The predicted octanol–water partition coefficient (Wildman–Crippen LogP) is -7.58. The number of aliphatic hydroxyl groups is 11. The number of hydrogen-bond acceptors (Lipinski definition) is 20. The number of phosphoric acid groups is 1. The Balaban J connectivity index is 1.64. The third kappa shape index (κ3) is 8.48. The molecule has 4 fully saturated rings. The van der Waals surface area contributed by atoms with Gasteiger partial charge in [-0.1, -0.05) is 0 Å². The highest BCUT2D eigenvalue weighted by Gasteiger charge is 2.56. The zero-order valence-electron chi connectivity index (χ0n) is 24.9. The maximum Gasteiger partial charge on any atom is 0.470 e. The van der Waals surface area contributed by atoms with Gasteiger partial charge in [-0.15, -0.1) is 0 Å². The minimum atomic E-state index is -5.34. The van der Waals surface area contributed by atoms with Gasteiger partial charge >= 0.3 is 7.82 Å². The van der Waals surface area contributed by atoms with Crippen LogP contribution >= 0.6 is 7.82 Å². The Morgan fingerprint density at radius 2 is 1.06 bits per heavy atom. The van der Waals surface area contributed by atoms with E-state index in [0.29, 0.717) is 0 Å². The van der Waals surface area contributed by atoms with Gasteiger partial charge in [-0.2, -0.15) is 0 Å². The van der Waals surface area contributed by atoms with Gasteiger partial charge in [0.25, 0.3) is 0 Å². The second-order valence-corrected chi connectivity index (χ2v) is 12.9. The average molecular weight is 715 g/mol. The molecule has 20 atom stereocenters. The van der Waals surface area contributed by atoms with E-state index in [0.717, 1.165) is 0 Å². The fourth-order valence-electron chi connectivity index (χ4n) is 5.71. The van der Waals surface area contributed by atoms with Crippen molar-refractivity contribution in [3.63, 3.8) is 0 Å². The highest BCUT2D eigenvalue weighted by Crippen LogP contribution is 2.42. The lowest BCUT2D eigenvalue weighted by atomic mass is 9.95. The van der Waals surface area contributed by atoms with Crippen LogP contribution in [-0.4, -0.2) is 202 Å². The highest BCUT2D eigenvalue weighted by atomic mass is 31.2. The molecule has 0 saturated carbocycles. The van der Waals surface area contributed by atoms with Gasteiger partial charge < -0.3 is 99.1 Å². The quantitative estimate of drug-likeness (QED) is 0.0934. The van der Waals surface area contributed by atoms with E-state index in [-0.39, 0.29) is 0 Å². The minimum absolute atomic E-state index is 0.961. The van der Waals surface area contributed by atoms with E-state index in [2.05, 4.69) is 4.52 Å². The molecule has 23 heteroatoms. The Bertz CT molecular complexity index is 1050. The topological polar surface area (TPSA) is 354 Å². The van der Waals surface area contributed by atoms with E-state index < -0.39 is 144 Å². The second kappa shape index (κ2) is 15.7. The molecule has 0 aliphatic carbocycles. The molecule has 0 bridgehead atoms. The number of ether oxygens (including phenoxy) is 7. The van der Waals surface area contributed by atoms with Gasteiger partial charge in [-0.05, 0) is 13.8 Å². The predicted molar refractivity (Wildman–Crippen MR) is 142 cm³/mol. The molecule has 0 aromatic rings. The third-order valence-electron chi connectivity index (χ3n) is 8.36. The van der Waals surface area contributed by atoms with Crippen LogP contribution in [-0.2, 0) is 42.2 Å². The number of hydrogen-bond donors (Lipinski definition) is 13. The fourth-order valence-corrected chi connectivity index (χ4v) is 6.28. The molecular formula is C24H43O22P. The van der Waals surface area contributed by atoms with Crippen molar-refractivity contribution in [1.82, 2.24) is 0 Å². The lowest BCUT2D eigenvalue weighted by Gasteiger charge is -2.50. The molecule has 0 radical (unpaired) electrons. The van der Waals surface area contributed by atoms with Crippen LogP contribution in [0.5, 0.6) is 0 Å². The smallest absolute Gasteiger partial charge is 0.394 e. The van der Waals surface area contributed by atoms with E-state index in [1.165, 1.54) is 13.8 Å². The molecular weight excluding hydrogens is 671 g/mol. The lowest BCUT2D eigenvalue weighted by molar-refractivity contribution is -0.399. The van der Waals surface area contributed by atoms with Crippen LogP contribution in [0.2, 0.25) is 0 Å². The average Bonchev–Trinajstić information content (AvgIpc) is 3.01. The SMILES string of the molecule is C[C@@H]1O[C@@H](O[C@H]2[C@H](O[C@@H]3[C@@H](O)[C@@H](O)[C@@H](O)O[C@H]3C)O[C@H](CO)[C@H](O[C@@H]3O[C@H](CO)[C@@H](O)[C@H](OP(=O)(O)O)[C@H]3O)[C@@H]2O)[C@H](O)[C@H](O)[C@H]1O. The monoisotopic (exact) mass is 714 g/mol. The Labute approximate surface area is 266 Å². The number of rotatable bonds is 10. The summed E-state index contributed by atoms with van der Waals surface area (Å²) < 4.78 is 54.9. The summed E-state index contributed by atoms with van der Waals surface area (Å²) in [6, 6.07) is 0. The van der Waals surface area contributed by atoms with Crippen molar-refractivity contribution in [3.8, 4) is 0 Å². The van der Waals surface area contributed by atoms with E-state index >= 15 is 0 Å². The fraction of sp³-hybridized carbons (Fsp3) is 1.00. The van der Waals surface area contributed by atoms with Crippen molar-refractivity contribution >= 4 is 7.82 Å². The maximum atomic E-state index is 11.6. The first-order valence-corrected chi connectivity index (χ1v) is 16.1. The van der Waals surface area contributed by atoms with Crippen LogP contribution in [0.3, 0.4) is 0 Å². The molecule has 22 nitrogen and oxygen atoms in total. The Morgan fingerprint density at radius 1 is 0.511 bits per heavy atom. The molecule has 0 amide bonds. The second-order valence-electron chi connectivity index (χ2n) is 11.7. The molecule has 0 unspecified atom stereocenters. The van der Waals surface area contributed by atoms with Gasteiger partial charge in [0.15, 0.2) is 25.2 Å². The molecule has 276 valence electrons. The standard InChI is InChI=1S/C24H43O22P/c1-5-9(27)11(29)14(32)22(40-5)45-20-15(33)18(44-23-16(34)19(46-47(36,37)38)10(28)7(3-25)41-23)8(4-26)42-24(20)43-17-6(2)39-21(35)13(31)12(17)30/h5-35H,3-4H2,1-2H3,(H2,36,37,38)/t5-,6-,7+,8+,9-,10+,11+,12-,13+,14+,15-,16+,17-,18-,19-,20+,21-,22-,23-,24-/m0/s1. The molecule has 4 aliphatic rings. The van der Waals surface area contributed by atoms with E-state index in [9.17, 15) is 70.5 Å². The van der Waals surface area contributed by atoms with Crippen molar-refractivity contribution in [2.75, 3.05) is 13.2 Å². The first kappa shape index (κ1) is 39.2. The van der Waals surface area contributed by atoms with Crippen molar-refractivity contribution in [2.45, 2.75) is 137 Å². The zero-order chi connectivity index (χ0) is 35.1. The van der Waals surface area contributed by atoms with Crippen LogP contribution in [0.15, 0.2) is 0 Å². The van der Waals surface area contributed by atoms with Crippen molar-refractivity contribution < 1.29 is 108 Å². The van der Waals surface area contributed by atoms with Gasteiger partial charge in [0, 0.05) is 0 Å². The largest absolute Gasteiger partial charge is 0.470 e. The molecule has 0 spiro atoms. The van der Waals surface area contributed by atoms with Gasteiger partial charge in [-0.3, -0.25) is 4.52 Å². The first-order valence-electron chi connectivity index (χ1n) is 14.6. The van der Waals surface area contributed by atoms with E-state index in [1.807, 2.05) is 0 Å². The maximum absolute atomic E-state index is 11.6. The van der Waals surface area contributed by atoms with Crippen molar-refractivity contribution in [2.24, 2.45) is 0 Å². The number of aliphatic hydroxyl groups excluding tert-OH is 11. The van der Waals surface area contributed by atoms with Crippen LogP contribution in [0.1, 0.15) is 13.8 Å². The highest BCUT2D eigenvalue weighted by molar-refractivity contribution is 7.46. The lowest BCUT2D eigenvalue weighted by Crippen LogP contribution is -2.68. The van der Waals surface area contributed by atoms with Crippen LogP contribution < -0.4 is 0 Å². The Hall–Kier alpha value is -0.610. The zero-order valence-corrected chi connectivity index (χ0v) is 25.8. The summed E-state index contributed by atoms with van der Waals surface area (Å²) >= 11 is 0. The summed E-state index contributed by atoms with van der Waals surface area (Å²) in [6.07, 6.45) is -35.4. The Kier molecular flexibility index (Phi) is 13.1. The van der Waals surface area contributed by atoms with Gasteiger partial charge in [0.1, 0.15) is 85.5 Å². The van der Waals surface area contributed by atoms with Crippen molar-refractivity contribution in [1.29, 1.82) is 0 Å². The molecule has 13 N–H and O–H groups in total. The molecule has 4 heterocycles. The normalized spacial score (nSPS) is 51.6. The summed E-state index contributed by atoms with van der Waals surface area (Å²) in [5.41, 5.74) is 0. The first-order chi connectivity index (χ1) is 21.9. The third-order valence-corrected chi connectivity index (χ3v) is 8.87. The van der Waals surface area contributed by atoms with E-state index in [4.69, 9.17) is 33.2 Å². The molecule has 0 aromatic heterocycles. The van der Waals surface area contributed by atoms with Gasteiger partial charge in [0.05, 0.1) is 25.4 Å². The molecule has 47 heavy (non-hydrogen) atoms.